The summed E-state index contributed by atoms with van der Waals surface area (Å²) in [5.41, 5.74) is 5.16. The lowest BCUT2D eigenvalue weighted by Crippen LogP contribution is -2.44. The molecule has 0 bridgehead atoms. The minimum Gasteiger partial charge on any atom is -0.497 e. The number of nitrogens with one attached hydrogen (secondary N) is 2. The van der Waals surface area contributed by atoms with Gasteiger partial charge >= 0.3 is 0 Å². The fourth-order valence-electron chi connectivity index (χ4n) is 4.79. The van der Waals surface area contributed by atoms with Gasteiger partial charge in [0.1, 0.15) is 11.5 Å². The fourth-order valence-corrected chi connectivity index (χ4v) is 4.79. The topological polar surface area (TPSA) is 79.2 Å². The molecule has 1 atom stereocenters. The molecule has 2 aromatic carbocycles. The highest BCUT2D eigenvalue weighted by Gasteiger charge is 2.20. The number of hydrogen-bond acceptors (Lipinski definition) is 8. The molecule has 1 unspecified atom stereocenters. The highest BCUT2D eigenvalue weighted by Crippen LogP contribution is 2.39. The Morgan fingerprint density at radius 3 is 2.50 bits per heavy atom. The molecule has 3 heterocycles. The van der Waals surface area contributed by atoms with E-state index in [1.165, 1.54) is 0 Å². The number of ether oxygens (including phenoxy) is 2. The van der Waals surface area contributed by atoms with Crippen LogP contribution in [0.5, 0.6) is 11.5 Å². The van der Waals surface area contributed by atoms with Crippen LogP contribution in [0.2, 0.25) is 0 Å². The standard InChI is InChI=1S/C27H35N7O2/c1-32-19-20(17-30-32)27-18-29-25-6-5-21(15-26(25)31-27)34(10-4-9-33-11-7-28-8-12-33)22-13-23(35-2)16-24(14-22)36-3/h5-6,13-19,27-28,31H,4,7-12H2,1-3H3. The minimum atomic E-state index is -0.0143. The Hall–Kier alpha value is -3.56. The van der Waals surface area contributed by atoms with E-state index >= 15 is 0 Å². The van der Waals surface area contributed by atoms with Crippen molar-refractivity contribution < 1.29 is 9.47 Å². The smallest absolute Gasteiger partial charge is 0.124 e. The molecule has 0 radical (unpaired) electrons. The zero-order chi connectivity index (χ0) is 24.9. The van der Waals surface area contributed by atoms with Gasteiger partial charge in [-0.2, -0.15) is 5.10 Å². The number of piperazine rings is 1. The van der Waals surface area contributed by atoms with Crippen molar-refractivity contribution in [1.82, 2.24) is 20.0 Å². The number of aryl methyl sites for hydroxylation is 1. The molecular formula is C27H35N7O2. The molecule has 1 fully saturated rings. The van der Waals surface area contributed by atoms with Crippen molar-refractivity contribution in [1.29, 1.82) is 0 Å². The first-order valence-corrected chi connectivity index (χ1v) is 12.5. The summed E-state index contributed by atoms with van der Waals surface area (Å²) >= 11 is 0. The van der Waals surface area contributed by atoms with E-state index < -0.39 is 0 Å². The zero-order valence-electron chi connectivity index (χ0n) is 21.3. The lowest BCUT2D eigenvalue weighted by Gasteiger charge is -2.31. The second kappa shape index (κ2) is 11.0. The van der Waals surface area contributed by atoms with Crippen molar-refractivity contribution in [3.05, 3.63) is 54.4 Å². The van der Waals surface area contributed by atoms with E-state index in [1.54, 1.807) is 14.2 Å². The van der Waals surface area contributed by atoms with Gasteiger partial charge in [-0.15, -0.1) is 0 Å². The molecule has 1 saturated heterocycles. The van der Waals surface area contributed by atoms with E-state index in [0.717, 1.165) is 85.5 Å². The van der Waals surface area contributed by atoms with Crippen LogP contribution in [0.3, 0.4) is 0 Å². The van der Waals surface area contributed by atoms with Gasteiger partial charge in [-0.05, 0) is 31.2 Å². The average Bonchev–Trinajstić information content (AvgIpc) is 3.37. The van der Waals surface area contributed by atoms with Gasteiger partial charge in [-0.1, -0.05) is 0 Å². The van der Waals surface area contributed by atoms with Crippen molar-refractivity contribution in [2.24, 2.45) is 12.0 Å². The van der Waals surface area contributed by atoms with Crippen LogP contribution < -0.4 is 25.0 Å². The summed E-state index contributed by atoms with van der Waals surface area (Å²) < 4.78 is 13.0. The lowest BCUT2D eigenvalue weighted by atomic mass is 10.1. The Morgan fingerprint density at radius 2 is 1.81 bits per heavy atom. The van der Waals surface area contributed by atoms with Crippen LogP contribution in [-0.4, -0.2) is 74.4 Å². The predicted molar refractivity (Wildman–Crippen MR) is 145 cm³/mol. The maximum atomic E-state index is 5.58. The van der Waals surface area contributed by atoms with Crippen molar-refractivity contribution in [2.45, 2.75) is 12.5 Å². The van der Waals surface area contributed by atoms with Gasteiger partial charge in [-0.3, -0.25) is 9.67 Å². The summed E-state index contributed by atoms with van der Waals surface area (Å²) in [6, 6.07) is 12.4. The first kappa shape index (κ1) is 24.1. The van der Waals surface area contributed by atoms with E-state index in [4.69, 9.17) is 14.5 Å². The van der Waals surface area contributed by atoms with Gasteiger partial charge in [0.05, 0.1) is 37.8 Å². The maximum Gasteiger partial charge on any atom is 0.124 e. The molecule has 3 aromatic rings. The van der Waals surface area contributed by atoms with Gasteiger partial charge < -0.3 is 29.9 Å². The monoisotopic (exact) mass is 489 g/mol. The summed E-state index contributed by atoms with van der Waals surface area (Å²) in [7, 11) is 5.30. The highest BCUT2D eigenvalue weighted by atomic mass is 16.5. The van der Waals surface area contributed by atoms with Crippen molar-refractivity contribution in [3.8, 4) is 11.5 Å². The largest absolute Gasteiger partial charge is 0.497 e. The van der Waals surface area contributed by atoms with E-state index in [-0.39, 0.29) is 6.04 Å². The summed E-state index contributed by atoms with van der Waals surface area (Å²) in [6.07, 6.45) is 6.88. The summed E-state index contributed by atoms with van der Waals surface area (Å²) in [6.45, 7) is 6.26. The number of hydrogen-bond donors (Lipinski definition) is 2. The lowest BCUT2D eigenvalue weighted by molar-refractivity contribution is 0.240. The van der Waals surface area contributed by atoms with E-state index in [1.807, 2.05) is 36.4 Å². The van der Waals surface area contributed by atoms with Crippen molar-refractivity contribution in [3.63, 3.8) is 0 Å². The first-order chi connectivity index (χ1) is 17.6. The van der Waals surface area contributed by atoms with Crippen molar-refractivity contribution in [2.75, 3.05) is 63.7 Å². The number of nitrogens with zero attached hydrogens (tertiary/aromatic N) is 5. The van der Waals surface area contributed by atoms with E-state index in [2.05, 4.69) is 55.9 Å². The number of anilines is 3. The second-order valence-corrected chi connectivity index (χ2v) is 9.22. The third-order valence-electron chi connectivity index (χ3n) is 6.76. The average molecular weight is 490 g/mol. The number of rotatable bonds is 9. The number of aliphatic imine (C=N–C) groups is 1. The minimum absolute atomic E-state index is 0.0143. The molecular weight excluding hydrogens is 454 g/mol. The molecule has 0 aliphatic carbocycles. The summed E-state index contributed by atoms with van der Waals surface area (Å²) in [5.74, 6) is 1.54. The Labute approximate surface area is 212 Å². The number of fused-ring (bicyclic) bond motifs is 1. The highest BCUT2D eigenvalue weighted by molar-refractivity contribution is 5.86. The maximum absolute atomic E-state index is 5.58. The van der Waals surface area contributed by atoms with Crippen LogP contribution in [0, 0.1) is 0 Å². The van der Waals surface area contributed by atoms with E-state index in [9.17, 15) is 0 Å². The van der Waals surface area contributed by atoms with Gasteiger partial charge in [0.15, 0.2) is 0 Å². The molecule has 2 N–H and O–H groups in total. The predicted octanol–water partition coefficient (Wildman–Crippen LogP) is 3.74. The van der Waals surface area contributed by atoms with Crippen LogP contribution >= 0.6 is 0 Å². The Balaban J connectivity index is 1.42. The molecule has 2 aliphatic rings. The molecule has 0 spiro atoms. The van der Waals surface area contributed by atoms with Gasteiger partial charge in [0.25, 0.3) is 0 Å². The molecule has 0 saturated carbocycles. The molecule has 1 aromatic heterocycles. The van der Waals surface area contributed by atoms with Gasteiger partial charge in [-0.25, -0.2) is 0 Å². The second-order valence-electron chi connectivity index (χ2n) is 9.22. The molecule has 0 amide bonds. The molecule has 190 valence electrons. The summed E-state index contributed by atoms with van der Waals surface area (Å²) in [4.78, 5) is 9.59. The molecule has 9 nitrogen and oxygen atoms in total. The Kier molecular flexibility index (Phi) is 7.39. The molecule has 36 heavy (non-hydrogen) atoms. The molecule has 9 heteroatoms. The molecule has 5 rings (SSSR count). The number of benzene rings is 2. The van der Waals surface area contributed by atoms with Crippen LogP contribution in [0.25, 0.3) is 0 Å². The summed E-state index contributed by atoms with van der Waals surface area (Å²) in [5, 5.41) is 11.4. The first-order valence-electron chi connectivity index (χ1n) is 12.5. The van der Waals surface area contributed by atoms with Crippen LogP contribution in [0.4, 0.5) is 22.7 Å². The third kappa shape index (κ3) is 5.47. The van der Waals surface area contributed by atoms with Crippen molar-refractivity contribution >= 4 is 29.0 Å². The van der Waals surface area contributed by atoms with Gasteiger partial charge in [0.2, 0.25) is 0 Å². The normalized spacial score (nSPS) is 17.4. The van der Waals surface area contributed by atoms with Crippen LogP contribution in [0.1, 0.15) is 18.0 Å². The van der Waals surface area contributed by atoms with Gasteiger partial charge in [0, 0.05) is 87.3 Å². The SMILES string of the molecule is COc1cc(OC)cc(N(CCCN2CCNCC2)c2ccc3c(c2)NC(c2cnn(C)c2)C=N3)c1. The quantitative estimate of drug-likeness (QED) is 0.474. The Morgan fingerprint density at radius 1 is 1.03 bits per heavy atom. The fraction of sp³-hybridized carbons (Fsp3) is 0.407. The zero-order valence-corrected chi connectivity index (χ0v) is 21.3. The number of methoxy groups -OCH3 is 2. The Bertz CT molecular complexity index is 1180. The van der Waals surface area contributed by atoms with Crippen LogP contribution in [0.15, 0.2) is 53.8 Å². The third-order valence-corrected chi connectivity index (χ3v) is 6.76. The number of aromatic nitrogens is 2. The molecule has 2 aliphatic heterocycles. The van der Waals surface area contributed by atoms with E-state index in [0.29, 0.717) is 0 Å². The van der Waals surface area contributed by atoms with Crippen LogP contribution in [-0.2, 0) is 7.05 Å².